The number of carbonyl (C=O) groups is 5. The van der Waals surface area contributed by atoms with Crippen LogP contribution in [0, 0.1) is 5.82 Å². The molecule has 5 aromatic rings. The number of anilines is 3. The van der Waals surface area contributed by atoms with Crippen LogP contribution in [0.25, 0.3) is 17.0 Å². The standard InChI is InChI=1S/C43H43FN10O6/c44-28-6-1-5-27(25-28)32-10-4-18-52(32)37-14-13-35-46-26-34(54(35)49-37)30-8-3-11-36(47-30)50-19-21-51(22-20-50)39(56)16-23-60-24-17-45-31-9-2-7-29-40(31)43(59)53(42(29)58)33-12-15-38(55)48-41(33)57/h1-3,5-9,11,13-14,25-26,32-33,45H,4,10,12,15-24H2,(H,48,55,57). The van der Waals surface area contributed by atoms with Crippen molar-refractivity contribution in [3.8, 4) is 11.4 Å². The summed E-state index contributed by atoms with van der Waals surface area (Å²) in [5, 5.41) is 10.3. The molecule has 0 radical (unpaired) electrons. The van der Waals surface area contributed by atoms with Gasteiger partial charge in [-0.1, -0.05) is 24.3 Å². The molecule has 4 aliphatic heterocycles. The molecule has 9 rings (SSSR count). The summed E-state index contributed by atoms with van der Waals surface area (Å²) in [6, 6.07) is 20.4. The number of fused-ring (bicyclic) bond motifs is 2. The number of ether oxygens (including phenoxy) is 1. The molecule has 2 atom stereocenters. The van der Waals surface area contributed by atoms with Crippen molar-refractivity contribution in [1.82, 2.24) is 34.7 Å². The number of carbonyl (C=O) groups excluding carboxylic acids is 5. The first-order valence-electron chi connectivity index (χ1n) is 20.3. The number of imide groups is 2. The highest BCUT2D eigenvalue weighted by molar-refractivity contribution is 6.25. The molecule has 0 spiro atoms. The maximum absolute atomic E-state index is 14.1. The molecule has 2 unspecified atom stereocenters. The molecule has 5 amide bonds. The van der Waals surface area contributed by atoms with E-state index in [1.165, 1.54) is 6.07 Å². The molecule has 2 aromatic carbocycles. The quantitative estimate of drug-likeness (QED) is 0.138. The molecule has 60 heavy (non-hydrogen) atoms. The minimum Gasteiger partial charge on any atom is -0.382 e. The van der Waals surface area contributed by atoms with Crippen LogP contribution in [0.1, 0.15) is 64.4 Å². The molecule has 7 heterocycles. The molecule has 16 nitrogen and oxygen atoms in total. The van der Waals surface area contributed by atoms with Crippen molar-refractivity contribution < 1.29 is 33.1 Å². The van der Waals surface area contributed by atoms with Crippen LogP contribution in [0.5, 0.6) is 0 Å². The van der Waals surface area contributed by atoms with Crippen molar-refractivity contribution in [2.45, 2.75) is 44.2 Å². The number of hydrogen-bond donors (Lipinski definition) is 2. The van der Waals surface area contributed by atoms with Crippen molar-refractivity contribution in [2.75, 3.05) is 67.6 Å². The van der Waals surface area contributed by atoms with Crippen molar-refractivity contribution in [3.05, 3.63) is 102 Å². The van der Waals surface area contributed by atoms with Gasteiger partial charge in [-0.2, -0.15) is 0 Å². The molecule has 3 fully saturated rings. The average molecular weight is 815 g/mol. The van der Waals surface area contributed by atoms with E-state index in [1.807, 2.05) is 45.8 Å². The van der Waals surface area contributed by atoms with Crippen molar-refractivity contribution in [3.63, 3.8) is 0 Å². The second-order valence-corrected chi connectivity index (χ2v) is 15.2. The minimum absolute atomic E-state index is 0.00639. The highest BCUT2D eigenvalue weighted by atomic mass is 19.1. The molecule has 3 saturated heterocycles. The minimum atomic E-state index is -1.04. The van der Waals surface area contributed by atoms with Crippen molar-refractivity contribution in [1.29, 1.82) is 0 Å². The first kappa shape index (κ1) is 38.8. The number of hydrogen-bond acceptors (Lipinski definition) is 12. The summed E-state index contributed by atoms with van der Waals surface area (Å²) in [5.74, 6) is -0.906. The molecule has 0 aliphatic carbocycles. The molecule has 0 bridgehead atoms. The Kier molecular flexibility index (Phi) is 10.6. The zero-order chi connectivity index (χ0) is 41.3. The highest BCUT2D eigenvalue weighted by Crippen LogP contribution is 2.36. The lowest BCUT2D eigenvalue weighted by atomic mass is 10.0. The number of nitrogens with zero attached hydrogens (tertiary/aromatic N) is 8. The molecular formula is C43H43FN10O6. The van der Waals surface area contributed by atoms with Gasteiger partial charge in [-0.15, -0.1) is 5.10 Å². The highest BCUT2D eigenvalue weighted by Gasteiger charge is 2.45. The lowest BCUT2D eigenvalue weighted by Crippen LogP contribution is -2.54. The normalized spacial score (nSPS) is 19.4. The topological polar surface area (TPSA) is 175 Å². The fourth-order valence-corrected chi connectivity index (χ4v) is 8.56. The van der Waals surface area contributed by atoms with Gasteiger partial charge in [0, 0.05) is 51.4 Å². The van der Waals surface area contributed by atoms with E-state index in [0.29, 0.717) is 44.1 Å². The van der Waals surface area contributed by atoms with E-state index in [1.54, 1.807) is 36.5 Å². The number of pyridine rings is 1. The van der Waals surface area contributed by atoms with Gasteiger partial charge in [-0.05, 0) is 73.4 Å². The number of rotatable bonds is 12. The van der Waals surface area contributed by atoms with Crippen LogP contribution < -0.4 is 20.4 Å². The largest absolute Gasteiger partial charge is 0.382 e. The van der Waals surface area contributed by atoms with Crippen LogP contribution in [0.2, 0.25) is 0 Å². The first-order chi connectivity index (χ1) is 29.2. The molecule has 3 aromatic heterocycles. The van der Waals surface area contributed by atoms with Crippen LogP contribution in [-0.2, 0) is 19.1 Å². The fourth-order valence-electron chi connectivity index (χ4n) is 8.56. The molecule has 4 aliphatic rings. The Labute approximate surface area is 344 Å². The maximum Gasteiger partial charge on any atom is 0.264 e. The summed E-state index contributed by atoms with van der Waals surface area (Å²) >= 11 is 0. The third kappa shape index (κ3) is 7.51. The van der Waals surface area contributed by atoms with Gasteiger partial charge in [0.05, 0.1) is 48.7 Å². The maximum atomic E-state index is 14.1. The Morgan fingerprint density at radius 1 is 0.867 bits per heavy atom. The zero-order valence-corrected chi connectivity index (χ0v) is 32.8. The smallest absolute Gasteiger partial charge is 0.264 e. The predicted octanol–water partition coefficient (Wildman–Crippen LogP) is 3.84. The van der Waals surface area contributed by atoms with Crippen molar-refractivity contribution in [2.24, 2.45) is 0 Å². The summed E-state index contributed by atoms with van der Waals surface area (Å²) < 4.78 is 21.7. The summed E-state index contributed by atoms with van der Waals surface area (Å²) in [7, 11) is 0. The van der Waals surface area contributed by atoms with E-state index in [2.05, 4.69) is 25.4 Å². The Morgan fingerprint density at radius 3 is 2.53 bits per heavy atom. The summed E-state index contributed by atoms with van der Waals surface area (Å²) in [4.78, 5) is 80.3. The van der Waals surface area contributed by atoms with Crippen LogP contribution in [-0.4, -0.2) is 117 Å². The van der Waals surface area contributed by atoms with Crippen LogP contribution >= 0.6 is 0 Å². The van der Waals surface area contributed by atoms with E-state index in [9.17, 15) is 28.4 Å². The summed E-state index contributed by atoms with van der Waals surface area (Å²) in [6.45, 7) is 3.91. The van der Waals surface area contributed by atoms with Gasteiger partial charge in [0.25, 0.3) is 11.8 Å². The van der Waals surface area contributed by atoms with E-state index in [-0.39, 0.29) is 61.4 Å². The molecule has 308 valence electrons. The monoisotopic (exact) mass is 814 g/mol. The lowest BCUT2D eigenvalue weighted by molar-refractivity contribution is -0.136. The number of nitrogens with one attached hydrogen (secondary N) is 2. The Balaban J connectivity index is 0.753. The van der Waals surface area contributed by atoms with Gasteiger partial charge in [0.15, 0.2) is 5.65 Å². The summed E-state index contributed by atoms with van der Waals surface area (Å²) in [6.07, 6.45) is 4.02. The predicted molar refractivity (Wildman–Crippen MR) is 218 cm³/mol. The van der Waals surface area contributed by atoms with Gasteiger partial charge in [0.2, 0.25) is 17.7 Å². The number of imidazole rings is 1. The second kappa shape index (κ2) is 16.5. The number of piperidine rings is 1. The third-order valence-corrected chi connectivity index (χ3v) is 11.6. The Hall–Kier alpha value is -6.75. The van der Waals surface area contributed by atoms with Gasteiger partial charge >= 0.3 is 0 Å². The van der Waals surface area contributed by atoms with Gasteiger partial charge in [0.1, 0.15) is 29.2 Å². The second-order valence-electron chi connectivity index (χ2n) is 15.2. The third-order valence-electron chi connectivity index (χ3n) is 11.6. The zero-order valence-electron chi connectivity index (χ0n) is 32.8. The number of piperazine rings is 1. The van der Waals surface area contributed by atoms with E-state index < -0.39 is 29.7 Å². The molecule has 0 saturated carbocycles. The number of aromatic nitrogens is 4. The average Bonchev–Trinajstić information content (AvgIpc) is 3.99. The Morgan fingerprint density at radius 2 is 1.70 bits per heavy atom. The molecule has 17 heteroatoms. The number of benzene rings is 2. The van der Waals surface area contributed by atoms with Gasteiger partial charge in [-0.25, -0.2) is 18.9 Å². The van der Waals surface area contributed by atoms with Crippen LogP contribution in [0.4, 0.5) is 21.7 Å². The summed E-state index contributed by atoms with van der Waals surface area (Å²) in [5.41, 5.74) is 3.93. The van der Waals surface area contributed by atoms with Crippen LogP contribution in [0.3, 0.4) is 0 Å². The van der Waals surface area contributed by atoms with E-state index in [0.717, 1.165) is 52.9 Å². The van der Waals surface area contributed by atoms with Gasteiger partial charge in [-0.3, -0.25) is 34.2 Å². The first-order valence-corrected chi connectivity index (χ1v) is 20.3. The molecular weight excluding hydrogens is 772 g/mol. The Bertz CT molecular complexity index is 2500. The van der Waals surface area contributed by atoms with Crippen molar-refractivity contribution >= 4 is 52.5 Å². The van der Waals surface area contributed by atoms with E-state index in [4.69, 9.17) is 14.8 Å². The fraction of sp³-hybridized carbons (Fsp3) is 0.349. The SMILES string of the molecule is O=C1CCC(N2C(=O)c3cccc(NCCOCCC(=O)N4CCN(c5cccc(-c6cnc7ccc(N8CCCC8c8cccc(F)c8)nn67)n5)CC4)c3C2=O)C(=O)N1. The van der Waals surface area contributed by atoms with Gasteiger partial charge < -0.3 is 24.8 Å². The number of amides is 5. The molecule has 2 N–H and O–H groups in total. The lowest BCUT2D eigenvalue weighted by Gasteiger charge is -2.35. The number of halogens is 1. The van der Waals surface area contributed by atoms with Crippen LogP contribution in [0.15, 0.2) is 79.0 Å². The van der Waals surface area contributed by atoms with E-state index >= 15 is 0 Å².